The Labute approximate surface area is 139 Å². The van der Waals surface area contributed by atoms with E-state index in [0.717, 1.165) is 31.2 Å². The van der Waals surface area contributed by atoms with Gasteiger partial charge in [-0.1, -0.05) is 38.8 Å². The first-order valence-electron chi connectivity index (χ1n) is 8.81. The van der Waals surface area contributed by atoms with Crippen LogP contribution < -0.4 is 0 Å². The number of rotatable bonds is 6. The maximum atomic E-state index is 12.5. The Hall–Kier alpha value is -1.84. The quantitative estimate of drug-likeness (QED) is 0.809. The molecular weight excluding hydrogens is 288 g/mol. The fraction of sp³-hybridized carbons (Fsp3) is 0.579. The summed E-state index contributed by atoms with van der Waals surface area (Å²) in [6, 6.07) is 7.93. The summed E-state index contributed by atoms with van der Waals surface area (Å²) in [5, 5.41) is 0. The molecule has 0 spiro atoms. The van der Waals surface area contributed by atoms with Crippen LogP contribution in [0.2, 0.25) is 0 Å². The van der Waals surface area contributed by atoms with Gasteiger partial charge in [-0.15, -0.1) is 0 Å². The molecule has 4 nitrogen and oxygen atoms in total. The Bertz CT molecular complexity index is 517. The molecule has 0 atom stereocenters. The first-order chi connectivity index (χ1) is 11.2. The zero-order chi connectivity index (χ0) is 16.7. The molecule has 0 N–H and O–H groups in total. The number of unbranched alkanes of at least 4 members (excludes halogenated alkanes) is 1. The van der Waals surface area contributed by atoms with Gasteiger partial charge in [0.25, 0.3) is 5.91 Å². The summed E-state index contributed by atoms with van der Waals surface area (Å²) in [5.74, 6) is 0.302. The number of benzene rings is 1. The molecular formula is C19H28N2O2. The normalized spacial score (nSPS) is 14.9. The highest BCUT2D eigenvalue weighted by Gasteiger charge is 2.24. The predicted octanol–water partition coefficient (Wildman–Crippen LogP) is 3.11. The SMILES string of the molecule is CCCCC(=O)N1CCN(C(=O)c2ccc(CCC)cc2)CC1. The predicted molar refractivity (Wildman–Crippen MR) is 92.4 cm³/mol. The maximum Gasteiger partial charge on any atom is 0.253 e. The Morgan fingerprint density at radius 1 is 0.913 bits per heavy atom. The second-order valence-electron chi connectivity index (χ2n) is 6.22. The molecule has 2 rings (SSSR count). The molecule has 1 aromatic carbocycles. The number of piperazine rings is 1. The van der Waals surface area contributed by atoms with E-state index in [4.69, 9.17) is 0 Å². The van der Waals surface area contributed by atoms with Gasteiger partial charge in [-0.05, 0) is 30.5 Å². The van der Waals surface area contributed by atoms with Crippen LogP contribution in [0, 0.1) is 0 Å². The van der Waals surface area contributed by atoms with Crippen molar-refractivity contribution >= 4 is 11.8 Å². The number of carbonyl (C=O) groups is 2. The molecule has 0 bridgehead atoms. The molecule has 4 heteroatoms. The molecule has 1 heterocycles. The van der Waals surface area contributed by atoms with Crippen LogP contribution in [0.25, 0.3) is 0 Å². The van der Waals surface area contributed by atoms with Gasteiger partial charge < -0.3 is 9.80 Å². The van der Waals surface area contributed by atoms with E-state index in [0.29, 0.717) is 32.6 Å². The largest absolute Gasteiger partial charge is 0.339 e. The van der Waals surface area contributed by atoms with Crippen LogP contribution in [-0.2, 0) is 11.2 Å². The zero-order valence-electron chi connectivity index (χ0n) is 14.4. The average molecular weight is 316 g/mol. The number of carbonyl (C=O) groups excluding carboxylic acids is 2. The van der Waals surface area contributed by atoms with E-state index < -0.39 is 0 Å². The topological polar surface area (TPSA) is 40.6 Å². The minimum Gasteiger partial charge on any atom is -0.339 e. The van der Waals surface area contributed by atoms with Crippen molar-refractivity contribution in [3.8, 4) is 0 Å². The maximum absolute atomic E-state index is 12.5. The first-order valence-corrected chi connectivity index (χ1v) is 8.81. The summed E-state index contributed by atoms with van der Waals surface area (Å²) in [6.07, 6.45) is 4.78. The lowest BCUT2D eigenvalue weighted by Crippen LogP contribution is -2.50. The van der Waals surface area contributed by atoms with Gasteiger partial charge in [0.2, 0.25) is 5.91 Å². The van der Waals surface area contributed by atoms with E-state index in [1.54, 1.807) is 0 Å². The van der Waals surface area contributed by atoms with Crippen LogP contribution in [0.5, 0.6) is 0 Å². The van der Waals surface area contributed by atoms with Gasteiger partial charge in [-0.3, -0.25) is 9.59 Å². The number of nitrogens with zero attached hydrogens (tertiary/aromatic N) is 2. The van der Waals surface area contributed by atoms with Crippen molar-refractivity contribution in [2.75, 3.05) is 26.2 Å². The Balaban J connectivity index is 1.86. The monoisotopic (exact) mass is 316 g/mol. The van der Waals surface area contributed by atoms with E-state index in [1.165, 1.54) is 5.56 Å². The smallest absolute Gasteiger partial charge is 0.253 e. The van der Waals surface area contributed by atoms with Crippen LogP contribution in [0.3, 0.4) is 0 Å². The minimum atomic E-state index is 0.0775. The molecule has 1 aliphatic heterocycles. The fourth-order valence-electron chi connectivity index (χ4n) is 2.93. The third-order valence-electron chi connectivity index (χ3n) is 4.40. The Morgan fingerprint density at radius 2 is 1.52 bits per heavy atom. The van der Waals surface area contributed by atoms with E-state index in [-0.39, 0.29) is 11.8 Å². The molecule has 23 heavy (non-hydrogen) atoms. The van der Waals surface area contributed by atoms with Crippen molar-refractivity contribution in [3.05, 3.63) is 35.4 Å². The molecule has 0 saturated carbocycles. The Morgan fingerprint density at radius 3 is 2.09 bits per heavy atom. The molecule has 0 radical (unpaired) electrons. The standard InChI is InChI=1S/C19H28N2O2/c1-3-5-7-18(22)20-12-14-21(15-13-20)19(23)17-10-8-16(6-4-2)9-11-17/h8-11H,3-7,12-15H2,1-2H3. The van der Waals surface area contributed by atoms with Gasteiger partial charge in [0, 0.05) is 38.2 Å². The van der Waals surface area contributed by atoms with Crippen molar-refractivity contribution in [3.63, 3.8) is 0 Å². The molecule has 2 amide bonds. The lowest BCUT2D eigenvalue weighted by atomic mass is 10.1. The van der Waals surface area contributed by atoms with E-state index in [2.05, 4.69) is 13.8 Å². The highest BCUT2D eigenvalue weighted by Crippen LogP contribution is 2.12. The van der Waals surface area contributed by atoms with Crippen LogP contribution in [0.4, 0.5) is 0 Å². The van der Waals surface area contributed by atoms with Crippen LogP contribution in [0.15, 0.2) is 24.3 Å². The molecule has 0 aliphatic carbocycles. The summed E-state index contributed by atoms with van der Waals surface area (Å²) in [6.45, 7) is 6.82. The summed E-state index contributed by atoms with van der Waals surface area (Å²) < 4.78 is 0. The number of amides is 2. The van der Waals surface area contributed by atoms with Crippen LogP contribution >= 0.6 is 0 Å². The van der Waals surface area contributed by atoms with Gasteiger partial charge in [-0.25, -0.2) is 0 Å². The minimum absolute atomic E-state index is 0.0775. The van der Waals surface area contributed by atoms with Gasteiger partial charge in [-0.2, -0.15) is 0 Å². The molecule has 1 aliphatic rings. The van der Waals surface area contributed by atoms with Crippen molar-refractivity contribution < 1.29 is 9.59 Å². The van der Waals surface area contributed by atoms with Crippen LogP contribution in [0.1, 0.15) is 55.5 Å². The molecule has 1 fully saturated rings. The number of hydrogen-bond acceptors (Lipinski definition) is 2. The summed E-state index contributed by atoms with van der Waals surface area (Å²) in [5.41, 5.74) is 2.02. The van der Waals surface area contributed by atoms with Crippen LogP contribution in [-0.4, -0.2) is 47.8 Å². The highest BCUT2D eigenvalue weighted by molar-refractivity contribution is 5.94. The summed E-state index contributed by atoms with van der Waals surface area (Å²) >= 11 is 0. The van der Waals surface area contributed by atoms with Crippen molar-refractivity contribution in [1.29, 1.82) is 0 Å². The lowest BCUT2D eigenvalue weighted by Gasteiger charge is -2.35. The second kappa shape index (κ2) is 8.70. The third-order valence-corrected chi connectivity index (χ3v) is 4.40. The molecule has 1 saturated heterocycles. The first kappa shape index (κ1) is 17.5. The van der Waals surface area contributed by atoms with Gasteiger partial charge in [0.1, 0.15) is 0 Å². The lowest BCUT2D eigenvalue weighted by molar-refractivity contribution is -0.132. The summed E-state index contributed by atoms with van der Waals surface area (Å²) in [7, 11) is 0. The van der Waals surface area contributed by atoms with E-state index in [9.17, 15) is 9.59 Å². The van der Waals surface area contributed by atoms with Gasteiger partial charge in [0.05, 0.1) is 0 Å². The van der Waals surface area contributed by atoms with Crippen molar-refractivity contribution in [2.24, 2.45) is 0 Å². The zero-order valence-corrected chi connectivity index (χ0v) is 14.4. The fourth-order valence-corrected chi connectivity index (χ4v) is 2.93. The molecule has 1 aromatic rings. The molecule has 0 unspecified atom stereocenters. The Kier molecular flexibility index (Phi) is 6.63. The highest BCUT2D eigenvalue weighted by atomic mass is 16.2. The second-order valence-corrected chi connectivity index (χ2v) is 6.22. The van der Waals surface area contributed by atoms with Crippen molar-refractivity contribution in [1.82, 2.24) is 9.80 Å². The molecule has 0 aromatic heterocycles. The van der Waals surface area contributed by atoms with E-state index >= 15 is 0 Å². The van der Waals surface area contributed by atoms with Gasteiger partial charge >= 0.3 is 0 Å². The third kappa shape index (κ3) is 4.81. The average Bonchev–Trinajstić information content (AvgIpc) is 2.60. The van der Waals surface area contributed by atoms with Gasteiger partial charge in [0.15, 0.2) is 0 Å². The number of hydrogen-bond donors (Lipinski definition) is 0. The van der Waals surface area contributed by atoms with E-state index in [1.807, 2.05) is 34.1 Å². The summed E-state index contributed by atoms with van der Waals surface area (Å²) in [4.78, 5) is 28.3. The molecule has 126 valence electrons. The van der Waals surface area contributed by atoms with Crippen molar-refractivity contribution in [2.45, 2.75) is 46.0 Å². The number of aryl methyl sites for hydroxylation is 1.